The number of hydrazone groups is 1. The van der Waals surface area contributed by atoms with Crippen LogP contribution in [0.3, 0.4) is 0 Å². The number of amides is 1. The Morgan fingerprint density at radius 1 is 1.33 bits per heavy atom. The van der Waals surface area contributed by atoms with E-state index in [0.717, 1.165) is 40.6 Å². The molecule has 9 nitrogen and oxygen atoms in total. The van der Waals surface area contributed by atoms with Gasteiger partial charge >= 0.3 is 0 Å². The maximum Gasteiger partial charge on any atom is 0.223 e. The van der Waals surface area contributed by atoms with Crippen LogP contribution in [0.4, 0.5) is 5.69 Å². The van der Waals surface area contributed by atoms with Crippen molar-refractivity contribution in [3.8, 4) is 0 Å². The number of halogens is 1. The number of carbonyl (C=O) groups is 1. The summed E-state index contributed by atoms with van der Waals surface area (Å²) < 4.78 is 0.774. The molecule has 0 spiro atoms. The average molecular weight is 513 g/mol. The molecular weight excluding hydrogens is 484 g/mol. The Morgan fingerprint density at radius 2 is 2.18 bits per heavy atom. The predicted molar refractivity (Wildman–Crippen MR) is 137 cm³/mol. The molecule has 2 aliphatic rings. The fraction of sp³-hybridized carbons (Fsp3) is 0.435. The first-order valence-corrected chi connectivity index (χ1v) is 11.9. The number of aliphatic imine (C=N–C) groups is 2. The van der Waals surface area contributed by atoms with Gasteiger partial charge in [0.25, 0.3) is 0 Å². The van der Waals surface area contributed by atoms with E-state index < -0.39 is 0 Å². The van der Waals surface area contributed by atoms with Crippen LogP contribution in [0.1, 0.15) is 25.7 Å². The topological polar surface area (TPSA) is 112 Å². The minimum atomic E-state index is -0.0203. The van der Waals surface area contributed by atoms with Crippen LogP contribution in [-0.4, -0.2) is 65.4 Å². The summed E-state index contributed by atoms with van der Waals surface area (Å²) in [6.45, 7) is 1.48. The maximum absolute atomic E-state index is 12.4. The van der Waals surface area contributed by atoms with Crippen molar-refractivity contribution < 1.29 is 4.79 Å². The van der Waals surface area contributed by atoms with E-state index in [-0.39, 0.29) is 23.8 Å². The second-order valence-electron chi connectivity index (χ2n) is 8.62. The highest BCUT2D eigenvalue weighted by molar-refractivity contribution is 9.18. The number of anilines is 1. The smallest absolute Gasteiger partial charge is 0.223 e. The number of hydrogen-bond acceptors (Lipinski definition) is 5. The normalized spacial score (nSPS) is 22.4. The van der Waals surface area contributed by atoms with E-state index >= 15 is 0 Å². The first kappa shape index (κ1) is 23.3. The minimum absolute atomic E-state index is 0.00454. The molecule has 1 saturated carbocycles. The molecule has 2 heterocycles. The van der Waals surface area contributed by atoms with Crippen LogP contribution >= 0.6 is 15.9 Å². The monoisotopic (exact) mass is 512 g/mol. The molecular formula is C23H29BrN8O. The second-order valence-corrected chi connectivity index (χ2v) is 9.53. The van der Waals surface area contributed by atoms with Gasteiger partial charge in [-0.15, -0.1) is 0 Å². The quantitative estimate of drug-likeness (QED) is 0.456. The van der Waals surface area contributed by atoms with Crippen LogP contribution in [0.2, 0.25) is 0 Å². The fourth-order valence-corrected chi connectivity index (χ4v) is 4.51. The molecule has 2 aromatic rings. The zero-order chi connectivity index (χ0) is 23.4. The van der Waals surface area contributed by atoms with Gasteiger partial charge in [0.2, 0.25) is 11.9 Å². The lowest BCUT2D eigenvalue weighted by Crippen LogP contribution is -2.35. The first-order valence-electron chi connectivity index (χ1n) is 11.1. The molecule has 0 saturated heterocycles. The number of carbonyl (C=O) groups excluding carboxylic acids is 1. The van der Waals surface area contributed by atoms with Gasteiger partial charge in [0.15, 0.2) is 0 Å². The van der Waals surface area contributed by atoms with Gasteiger partial charge in [0.1, 0.15) is 10.5 Å². The Hall–Kier alpha value is -2.85. The number of benzene rings is 1. The molecule has 2 atom stereocenters. The third-order valence-electron chi connectivity index (χ3n) is 5.78. The van der Waals surface area contributed by atoms with Crippen molar-refractivity contribution in [1.82, 2.24) is 15.2 Å². The van der Waals surface area contributed by atoms with E-state index in [4.69, 9.17) is 5.73 Å². The van der Waals surface area contributed by atoms with E-state index in [2.05, 4.69) is 41.3 Å². The Morgan fingerprint density at radius 3 is 3.00 bits per heavy atom. The molecule has 0 bridgehead atoms. The van der Waals surface area contributed by atoms with Crippen LogP contribution < -0.4 is 16.1 Å². The summed E-state index contributed by atoms with van der Waals surface area (Å²) in [5, 5.41) is 10.4. The van der Waals surface area contributed by atoms with Crippen molar-refractivity contribution >= 4 is 54.8 Å². The van der Waals surface area contributed by atoms with Gasteiger partial charge in [-0.05, 0) is 73.6 Å². The molecule has 3 N–H and O–H groups in total. The van der Waals surface area contributed by atoms with Crippen LogP contribution in [0, 0.1) is 5.92 Å². The highest BCUT2D eigenvalue weighted by atomic mass is 79.9. The molecule has 1 aromatic heterocycles. The van der Waals surface area contributed by atoms with Gasteiger partial charge in [0.05, 0.1) is 23.7 Å². The van der Waals surface area contributed by atoms with Gasteiger partial charge in [-0.1, -0.05) is 6.07 Å². The number of nitrogens with two attached hydrogens (primary N) is 1. The lowest BCUT2D eigenvalue weighted by atomic mass is 10.1. The molecule has 0 radical (unpaired) electrons. The molecule has 1 fully saturated rings. The van der Waals surface area contributed by atoms with E-state index in [1.807, 2.05) is 49.3 Å². The number of likely N-dealkylation sites (N-methyl/N-ethyl adjacent to an activating group) is 1. The fourth-order valence-electron chi connectivity index (χ4n) is 4.10. The Kier molecular flexibility index (Phi) is 7.34. The molecule has 0 unspecified atom stereocenters. The number of aromatic nitrogens is 1. The third-order valence-corrected chi connectivity index (χ3v) is 6.22. The number of nitrogens with one attached hydrogen (secondary N) is 1. The summed E-state index contributed by atoms with van der Waals surface area (Å²) in [5.41, 5.74) is 8.00. The predicted octanol–water partition coefficient (Wildman–Crippen LogP) is 2.71. The summed E-state index contributed by atoms with van der Waals surface area (Å²) in [7, 11) is 3.98. The van der Waals surface area contributed by atoms with Crippen LogP contribution in [0.15, 0.2) is 51.6 Å². The van der Waals surface area contributed by atoms with Crippen molar-refractivity contribution in [3.05, 3.63) is 36.5 Å². The van der Waals surface area contributed by atoms with Crippen molar-refractivity contribution in [2.75, 3.05) is 32.2 Å². The van der Waals surface area contributed by atoms with Gasteiger partial charge in [-0.2, -0.15) is 10.1 Å². The van der Waals surface area contributed by atoms with E-state index in [1.165, 1.54) is 0 Å². The molecule has 10 heteroatoms. The second kappa shape index (κ2) is 10.4. The third kappa shape index (κ3) is 5.94. The molecule has 1 amide bonds. The Bertz CT molecular complexity index is 1110. The molecule has 1 aromatic carbocycles. The molecule has 4 rings (SSSR count). The number of fused-ring (bicyclic) bond motifs is 1. The van der Waals surface area contributed by atoms with Crippen LogP contribution in [0.25, 0.3) is 10.9 Å². The van der Waals surface area contributed by atoms with Gasteiger partial charge in [0, 0.05) is 30.6 Å². The summed E-state index contributed by atoms with van der Waals surface area (Å²) in [6, 6.07) is 9.88. The van der Waals surface area contributed by atoms with E-state index in [1.54, 1.807) is 11.2 Å². The lowest BCUT2D eigenvalue weighted by Gasteiger charge is -2.16. The van der Waals surface area contributed by atoms with Crippen molar-refractivity contribution in [2.24, 2.45) is 26.7 Å². The number of nitrogens with zero attached hydrogens (tertiary/aromatic N) is 6. The lowest BCUT2D eigenvalue weighted by molar-refractivity contribution is -0.124. The molecule has 33 heavy (non-hydrogen) atoms. The standard InChI is InChI=1S/C23H29BrN8O/c1-31(2)11-10-27-22(33)16-5-6-17(12-16)28-23(25)29-21-14-20(24)30-32(21)18-7-8-19-15(13-18)4-3-9-26-19/h3-4,7-9,13,16-17H,5-6,10-12,14H2,1-2H3,(H2,25,28)(H,27,33)/t16-,17-/m1/s1. The highest BCUT2D eigenvalue weighted by Crippen LogP contribution is 2.29. The number of hydrogen-bond donors (Lipinski definition) is 2. The number of rotatable bonds is 6. The van der Waals surface area contributed by atoms with Gasteiger partial charge in [-0.25, -0.2) is 10.0 Å². The zero-order valence-corrected chi connectivity index (χ0v) is 20.5. The van der Waals surface area contributed by atoms with Crippen molar-refractivity contribution in [1.29, 1.82) is 0 Å². The summed E-state index contributed by atoms with van der Waals surface area (Å²) in [4.78, 5) is 28.0. The summed E-state index contributed by atoms with van der Waals surface area (Å²) in [5.74, 6) is 0.994. The zero-order valence-electron chi connectivity index (χ0n) is 18.9. The SMILES string of the molecule is CN(C)CCNC(=O)[C@@H]1CC[C@@H](N=C(N)N=C2CC(Br)=NN2c2ccc3ncccc3c2)C1. The maximum atomic E-state index is 12.4. The first-order chi connectivity index (χ1) is 15.9. The van der Waals surface area contributed by atoms with E-state index in [9.17, 15) is 4.79 Å². The van der Waals surface area contributed by atoms with Crippen molar-refractivity contribution in [2.45, 2.75) is 31.7 Å². The number of pyridine rings is 1. The molecule has 1 aliphatic carbocycles. The largest absolute Gasteiger partial charge is 0.368 e. The van der Waals surface area contributed by atoms with Gasteiger partial charge < -0.3 is 16.0 Å². The Balaban J connectivity index is 1.42. The molecule has 1 aliphatic heterocycles. The van der Waals surface area contributed by atoms with Crippen LogP contribution in [0.5, 0.6) is 0 Å². The summed E-state index contributed by atoms with van der Waals surface area (Å²) >= 11 is 3.48. The molecule has 174 valence electrons. The van der Waals surface area contributed by atoms with Crippen LogP contribution in [-0.2, 0) is 4.79 Å². The average Bonchev–Trinajstić information content (AvgIpc) is 3.39. The van der Waals surface area contributed by atoms with E-state index in [0.29, 0.717) is 25.2 Å². The summed E-state index contributed by atoms with van der Waals surface area (Å²) in [6.07, 6.45) is 4.65. The van der Waals surface area contributed by atoms with Crippen molar-refractivity contribution in [3.63, 3.8) is 0 Å². The number of guanidine groups is 1. The van der Waals surface area contributed by atoms with Gasteiger partial charge in [-0.3, -0.25) is 9.78 Å². The number of amidine groups is 1. The Labute approximate surface area is 202 Å². The minimum Gasteiger partial charge on any atom is -0.368 e. The highest BCUT2D eigenvalue weighted by Gasteiger charge is 2.30.